The van der Waals surface area contributed by atoms with Crippen LogP contribution < -0.4 is 0 Å². The first-order valence-electron chi connectivity index (χ1n) is 5.62. The topological polar surface area (TPSA) is 33.6 Å². The number of benzene rings is 1. The molecule has 0 amide bonds. The summed E-state index contributed by atoms with van der Waals surface area (Å²) < 4.78 is 16.4. The third kappa shape index (κ3) is 2.33. The number of imidazole rings is 1. The molecule has 2 heterocycles. The molecule has 96 valence electrons. The maximum Gasteiger partial charge on any atom is 0.178 e. The van der Waals surface area contributed by atoms with Gasteiger partial charge in [0.15, 0.2) is 4.77 Å². The summed E-state index contributed by atoms with van der Waals surface area (Å²) in [6.07, 6.45) is 1.74. The van der Waals surface area contributed by atoms with Gasteiger partial charge in [-0.15, -0.1) is 0 Å². The molecule has 0 unspecified atom stereocenters. The standard InChI is InChI=1S/C13H9BrFN3S/c14-9-5-12-11(6-10(9)15)17-13(19)18(12)7-8-3-1-2-4-16-8/h1-6H,7H2,(H,17,19). The van der Waals surface area contributed by atoms with E-state index in [9.17, 15) is 4.39 Å². The highest BCUT2D eigenvalue weighted by Crippen LogP contribution is 2.23. The third-order valence-corrected chi connectivity index (χ3v) is 3.79. The Hall–Kier alpha value is -1.53. The number of pyridine rings is 1. The van der Waals surface area contributed by atoms with Crippen LogP contribution in [0.15, 0.2) is 41.0 Å². The molecule has 6 heteroatoms. The van der Waals surface area contributed by atoms with Gasteiger partial charge < -0.3 is 9.55 Å². The molecule has 0 bridgehead atoms. The lowest BCUT2D eigenvalue weighted by molar-refractivity contribution is 0.622. The lowest BCUT2D eigenvalue weighted by atomic mass is 10.3. The Labute approximate surface area is 122 Å². The summed E-state index contributed by atoms with van der Waals surface area (Å²) in [5.74, 6) is -0.311. The van der Waals surface area contributed by atoms with Gasteiger partial charge >= 0.3 is 0 Å². The summed E-state index contributed by atoms with van der Waals surface area (Å²) in [7, 11) is 0. The van der Waals surface area contributed by atoms with Crippen molar-refractivity contribution in [3.8, 4) is 0 Å². The van der Waals surface area contributed by atoms with E-state index in [1.807, 2.05) is 22.8 Å². The molecule has 0 aliphatic heterocycles. The van der Waals surface area contributed by atoms with Crippen molar-refractivity contribution in [1.29, 1.82) is 0 Å². The Morgan fingerprint density at radius 3 is 2.95 bits per heavy atom. The van der Waals surface area contributed by atoms with Crippen LogP contribution in [0, 0.1) is 10.6 Å². The second-order valence-corrected chi connectivity index (χ2v) is 5.36. The van der Waals surface area contributed by atoms with E-state index in [0.29, 0.717) is 21.3 Å². The first-order valence-corrected chi connectivity index (χ1v) is 6.83. The Bertz CT molecular complexity index is 795. The molecule has 0 atom stereocenters. The fraction of sp³-hybridized carbons (Fsp3) is 0.0769. The summed E-state index contributed by atoms with van der Waals surface area (Å²) in [5, 5.41) is 0. The van der Waals surface area contributed by atoms with Gasteiger partial charge in [0.05, 0.1) is 27.7 Å². The van der Waals surface area contributed by atoms with E-state index < -0.39 is 0 Å². The van der Waals surface area contributed by atoms with Gasteiger partial charge in [0, 0.05) is 12.3 Å². The molecule has 0 radical (unpaired) electrons. The third-order valence-electron chi connectivity index (χ3n) is 2.86. The quantitative estimate of drug-likeness (QED) is 0.716. The van der Waals surface area contributed by atoms with E-state index in [0.717, 1.165) is 11.2 Å². The van der Waals surface area contributed by atoms with Crippen molar-refractivity contribution in [2.75, 3.05) is 0 Å². The number of H-pyrrole nitrogens is 1. The molecule has 3 nitrogen and oxygen atoms in total. The van der Waals surface area contributed by atoms with Crippen molar-refractivity contribution in [2.24, 2.45) is 0 Å². The predicted molar refractivity (Wildman–Crippen MR) is 78.1 cm³/mol. The van der Waals surface area contributed by atoms with E-state index in [2.05, 4.69) is 25.9 Å². The minimum absolute atomic E-state index is 0.311. The molecule has 19 heavy (non-hydrogen) atoms. The fourth-order valence-electron chi connectivity index (χ4n) is 1.96. The molecule has 0 aliphatic rings. The molecule has 0 saturated heterocycles. The lowest BCUT2D eigenvalue weighted by Gasteiger charge is -2.04. The highest BCUT2D eigenvalue weighted by molar-refractivity contribution is 9.10. The zero-order chi connectivity index (χ0) is 13.4. The molecule has 2 aromatic heterocycles. The van der Waals surface area contributed by atoms with E-state index in [1.54, 1.807) is 12.3 Å². The van der Waals surface area contributed by atoms with E-state index >= 15 is 0 Å². The molecule has 0 aliphatic carbocycles. The van der Waals surface area contributed by atoms with Crippen molar-refractivity contribution >= 4 is 39.2 Å². The average Bonchev–Trinajstić information content (AvgIpc) is 2.68. The van der Waals surface area contributed by atoms with Crippen LogP contribution in [-0.4, -0.2) is 14.5 Å². The largest absolute Gasteiger partial charge is 0.330 e. The normalized spacial score (nSPS) is 11.1. The second kappa shape index (κ2) is 4.86. The van der Waals surface area contributed by atoms with E-state index in [1.165, 1.54) is 6.07 Å². The number of hydrogen-bond acceptors (Lipinski definition) is 2. The highest BCUT2D eigenvalue weighted by atomic mass is 79.9. The van der Waals surface area contributed by atoms with Gasteiger partial charge in [0.2, 0.25) is 0 Å². The van der Waals surface area contributed by atoms with Crippen LogP contribution in [0.5, 0.6) is 0 Å². The predicted octanol–water partition coefficient (Wildman–Crippen LogP) is 4.04. The van der Waals surface area contributed by atoms with Crippen molar-refractivity contribution in [1.82, 2.24) is 14.5 Å². The average molecular weight is 338 g/mol. The Kier molecular flexibility index (Phi) is 3.20. The SMILES string of the molecule is Fc1cc2[nH]c(=S)n(Cc3ccccn3)c2cc1Br. The number of nitrogens with one attached hydrogen (secondary N) is 1. The van der Waals surface area contributed by atoms with Crippen molar-refractivity contribution in [3.05, 3.63) is 57.3 Å². The molecule has 1 aromatic carbocycles. The zero-order valence-electron chi connectivity index (χ0n) is 9.73. The Balaban J connectivity index is 2.16. The van der Waals surface area contributed by atoms with Gasteiger partial charge in [0.25, 0.3) is 0 Å². The monoisotopic (exact) mass is 337 g/mol. The van der Waals surface area contributed by atoms with Crippen LogP contribution in [0.25, 0.3) is 11.0 Å². The minimum Gasteiger partial charge on any atom is -0.330 e. The highest BCUT2D eigenvalue weighted by Gasteiger charge is 2.09. The molecule has 1 N–H and O–H groups in total. The van der Waals surface area contributed by atoms with Gasteiger partial charge in [-0.1, -0.05) is 6.07 Å². The van der Waals surface area contributed by atoms with Crippen LogP contribution in [0.2, 0.25) is 0 Å². The molecule has 3 rings (SSSR count). The summed E-state index contributed by atoms with van der Waals surface area (Å²) in [5.41, 5.74) is 2.44. The summed E-state index contributed by atoms with van der Waals surface area (Å²) >= 11 is 8.47. The van der Waals surface area contributed by atoms with Crippen LogP contribution in [0.1, 0.15) is 5.69 Å². The fourth-order valence-corrected chi connectivity index (χ4v) is 2.57. The smallest absolute Gasteiger partial charge is 0.178 e. The molecule has 0 spiro atoms. The number of aromatic nitrogens is 3. The van der Waals surface area contributed by atoms with Crippen molar-refractivity contribution in [2.45, 2.75) is 6.54 Å². The van der Waals surface area contributed by atoms with Gasteiger partial charge in [0.1, 0.15) is 5.82 Å². The molecular formula is C13H9BrFN3S. The van der Waals surface area contributed by atoms with Gasteiger partial charge in [-0.25, -0.2) is 4.39 Å². The summed E-state index contributed by atoms with van der Waals surface area (Å²) in [6, 6.07) is 8.88. The summed E-state index contributed by atoms with van der Waals surface area (Å²) in [4.78, 5) is 7.28. The zero-order valence-corrected chi connectivity index (χ0v) is 12.1. The minimum atomic E-state index is -0.311. The summed E-state index contributed by atoms with van der Waals surface area (Å²) in [6.45, 7) is 0.553. The maximum absolute atomic E-state index is 13.5. The van der Waals surface area contributed by atoms with E-state index in [-0.39, 0.29) is 5.82 Å². The number of nitrogens with zero attached hydrogens (tertiary/aromatic N) is 2. The van der Waals surface area contributed by atoms with Crippen molar-refractivity contribution in [3.63, 3.8) is 0 Å². The molecule has 3 aromatic rings. The Morgan fingerprint density at radius 1 is 1.37 bits per heavy atom. The van der Waals surface area contributed by atoms with Crippen LogP contribution in [-0.2, 0) is 6.54 Å². The number of halogens is 2. The number of aromatic amines is 1. The van der Waals surface area contributed by atoms with Crippen LogP contribution in [0.4, 0.5) is 4.39 Å². The van der Waals surface area contributed by atoms with Crippen LogP contribution >= 0.6 is 28.1 Å². The van der Waals surface area contributed by atoms with Crippen LogP contribution in [0.3, 0.4) is 0 Å². The van der Waals surface area contributed by atoms with E-state index in [4.69, 9.17) is 12.2 Å². The maximum atomic E-state index is 13.5. The Morgan fingerprint density at radius 2 is 2.21 bits per heavy atom. The first kappa shape index (κ1) is 12.5. The van der Waals surface area contributed by atoms with Gasteiger partial charge in [-0.3, -0.25) is 4.98 Å². The van der Waals surface area contributed by atoms with Gasteiger partial charge in [-0.05, 0) is 46.3 Å². The number of rotatable bonds is 2. The lowest BCUT2D eigenvalue weighted by Crippen LogP contribution is -2.01. The second-order valence-electron chi connectivity index (χ2n) is 4.12. The molecule has 0 saturated carbocycles. The molecular weight excluding hydrogens is 329 g/mol. The number of fused-ring (bicyclic) bond motifs is 1. The van der Waals surface area contributed by atoms with Gasteiger partial charge in [-0.2, -0.15) is 0 Å². The molecule has 0 fully saturated rings. The first-order chi connectivity index (χ1) is 9.15. The van der Waals surface area contributed by atoms with Crippen molar-refractivity contribution < 1.29 is 4.39 Å². The number of hydrogen-bond donors (Lipinski definition) is 1.